The van der Waals surface area contributed by atoms with Gasteiger partial charge in [-0.25, -0.2) is 8.42 Å². The van der Waals surface area contributed by atoms with Crippen molar-refractivity contribution < 1.29 is 22.7 Å². The van der Waals surface area contributed by atoms with Crippen LogP contribution in [0, 0.1) is 11.8 Å². The molecule has 1 unspecified atom stereocenters. The lowest BCUT2D eigenvalue weighted by Crippen LogP contribution is -2.58. The van der Waals surface area contributed by atoms with Gasteiger partial charge >= 0.3 is 5.97 Å². The molecule has 1 saturated heterocycles. The van der Waals surface area contributed by atoms with E-state index >= 15 is 0 Å². The van der Waals surface area contributed by atoms with Gasteiger partial charge in [0.2, 0.25) is 10.0 Å². The molecule has 1 aromatic rings. The zero-order chi connectivity index (χ0) is 19.4. The second-order valence-corrected chi connectivity index (χ2v) is 9.82. The Morgan fingerprint density at radius 1 is 1.35 bits per heavy atom. The third kappa shape index (κ3) is 4.34. The second-order valence-electron chi connectivity index (χ2n) is 6.18. The van der Waals surface area contributed by atoms with E-state index in [0.29, 0.717) is 11.5 Å². The summed E-state index contributed by atoms with van der Waals surface area (Å²) in [4.78, 5) is 12.4. The molecule has 0 saturated carbocycles. The van der Waals surface area contributed by atoms with Crippen molar-refractivity contribution in [3.63, 3.8) is 0 Å². The molecular formula is C18H23NO5S2. The Bertz CT molecular complexity index is 806. The van der Waals surface area contributed by atoms with Crippen LogP contribution in [0.5, 0.6) is 5.75 Å². The third-order valence-corrected chi connectivity index (χ3v) is 7.31. The second kappa shape index (κ2) is 8.33. The predicted octanol–water partition coefficient (Wildman–Crippen LogP) is 2.15. The van der Waals surface area contributed by atoms with E-state index in [0.717, 1.165) is 0 Å². The van der Waals surface area contributed by atoms with Gasteiger partial charge in [-0.05, 0) is 45.0 Å². The van der Waals surface area contributed by atoms with E-state index < -0.39 is 26.8 Å². The van der Waals surface area contributed by atoms with Gasteiger partial charge in [0, 0.05) is 17.0 Å². The number of carbonyl (C=O) groups excluding carboxylic acids is 1. The molecule has 0 amide bonds. The molecule has 2 rings (SSSR count). The number of sulfonamides is 1. The molecule has 0 aliphatic carbocycles. The molecular weight excluding hydrogens is 374 g/mol. The Kier molecular flexibility index (Phi) is 6.61. The Balaban J connectivity index is 2.31. The molecule has 0 N–H and O–H groups in total. The number of benzene rings is 1. The number of rotatable bonds is 5. The van der Waals surface area contributed by atoms with Crippen molar-refractivity contribution in [2.75, 3.05) is 26.0 Å². The maximum Gasteiger partial charge on any atom is 0.325 e. The lowest BCUT2D eigenvalue weighted by molar-refractivity contribution is -0.146. The first-order valence-corrected chi connectivity index (χ1v) is 10.5. The summed E-state index contributed by atoms with van der Waals surface area (Å²) in [5.74, 6) is 6.09. The van der Waals surface area contributed by atoms with Crippen molar-refractivity contribution in [3.05, 3.63) is 24.3 Å². The number of nitrogens with zero attached hydrogens (tertiary/aromatic N) is 1. The van der Waals surface area contributed by atoms with Crippen LogP contribution >= 0.6 is 11.8 Å². The minimum Gasteiger partial charge on any atom is -0.481 e. The lowest BCUT2D eigenvalue weighted by atomic mass is 10.0. The van der Waals surface area contributed by atoms with E-state index in [-0.39, 0.29) is 18.0 Å². The van der Waals surface area contributed by atoms with Gasteiger partial charge in [0.15, 0.2) is 0 Å². The quantitative estimate of drug-likeness (QED) is 0.560. The number of carbonyl (C=O) groups is 1. The van der Waals surface area contributed by atoms with Crippen molar-refractivity contribution in [1.29, 1.82) is 0 Å². The molecule has 0 spiro atoms. The summed E-state index contributed by atoms with van der Waals surface area (Å²) >= 11 is 1.56. The van der Waals surface area contributed by atoms with Crippen LogP contribution in [0.2, 0.25) is 0 Å². The molecule has 0 radical (unpaired) electrons. The number of hydrogen-bond donors (Lipinski definition) is 0. The lowest BCUT2D eigenvalue weighted by Gasteiger charge is -2.43. The van der Waals surface area contributed by atoms with E-state index in [1.54, 1.807) is 30.8 Å². The molecule has 0 aromatic heterocycles. The van der Waals surface area contributed by atoms with E-state index in [1.165, 1.54) is 23.5 Å². The summed E-state index contributed by atoms with van der Waals surface area (Å²) in [6.07, 6.45) is 0. The topological polar surface area (TPSA) is 72.9 Å². The van der Waals surface area contributed by atoms with Crippen LogP contribution in [0.4, 0.5) is 0 Å². The highest BCUT2D eigenvalue weighted by Gasteiger charge is 2.48. The van der Waals surface area contributed by atoms with Gasteiger partial charge < -0.3 is 9.47 Å². The van der Waals surface area contributed by atoms with Crippen molar-refractivity contribution in [3.8, 4) is 17.6 Å². The largest absolute Gasteiger partial charge is 0.481 e. The molecule has 26 heavy (non-hydrogen) atoms. The van der Waals surface area contributed by atoms with E-state index in [2.05, 4.69) is 11.8 Å². The summed E-state index contributed by atoms with van der Waals surface area (Å²) in [6, 6.07) is 5.25. The first-order chi connectivity index (χ1) is 12.2. The standard InChI is InChI=1S/C18H23NO5S2/c1-5-6-12-24-14-7-9-15(10-8-14)26(21,22)19-11-13-25-18(2,3)16(19)17(20)23-4/h7-10,16H,11-13H2,1-4H3. The summed E-state index contributed by atoms with van der Waals surface area (Å²) in [5.41, 5.74) is 0. The Labute approximate surface area is 159 Å². The zero-order valence-corrected chi connectivity index (χ0v) is 16.9. The number of thioether (sulfide) groups is 1. The van der Waals surface area contributed by atoms with E-state index in [4.69, 9.17) is 9.47 Å². The first kappa shape index (κ1) is 20.6. The molecule has 1 heterocycles. The summed E-state index contributed by atoms with van der Waals surface area (Å²) in [7, 11) is -2.57. The first-order valence-electron chi connectivity index (χ1n) is 8.10. The number of hydrogen-bond acceptors (Lipinski definition) is 6. The Hall–Kier alpha value is -1.69. The summed E-state index contributed by atoms with van der Waals surface area (Å²) in [6.45, 7) is 5.92. The fraction of sp³-hybridized carbons (Fsp3) is 0.500. The third-order valence-electron chi connectivity index (χ3n) is 4.07. The van der Waals surface area contributed by atoms with Crippen LogP contribution in [0.15, 0.2) is 29.2 Å². The number of ether oxygens (including phenoxy) is 2. The van der Waals surface area contributed by atoms with Crippen LogP contribution in [0.3, 0.4) is 0 Å². The average molecular weight is 398 g/mol. The highest BCUT2D eigenvalue weighted by atomic mass is 32.2. The van der Waals surface area contributed by atoms with Crippen LogP contribution in [0.1, 0.15) is 20.8 Å². The smallest absolute Gasteiger partial charge is 0.325 e. The van der Waals surface area contributed by atoms with E-state index in [1.807, 2.05) is 13.8 Å². The van der Waals surface area contributed by atoms with Crippen molar-refractivity contribution >= 4 is 27.8 Å². The molecule has 0 bridgehead atoms. The van der Waals surface area contributed by atoms with Crippen molar-refractivity contribution in [2.45, 2.75) is 36.5 Å². The molecule has 6 nitrogen and oxygen atoms in total. The molecule has 1 aliphatic heterocycles. The normalized spacial score (nSPS) is 19.9. The minimum absolute atomic E-state index is 0.114. The van der Waals surface area contributed by atoms with Gasteiger partial charge in [-0.3, -0.25) is 4.79 Å². The van der Waals surface area contributed by atoms with Gasteiger partial charge in [-0.15, -0.1) is 5.92 Å². The fourth-order valence-corrected chi connectivity index (χ4v) is 5.85. The predicted molar refractivity (Wildman–Crippen MR) is 102 cm³/mol. The van der Waals surface area contributed by atoms with Gasteiger partial charge in [0.1, 0.15) is 18.4 Å². The van der Waals surface area contributed by atoms with Gasteiger partial charge in [-0.1, -0.05) is 5.92 Å². The van der Waals surface area contributed by atoms with E-state index in [9.17, 15) is 13.2 Å². The molecule has 142 valence electrons. The average Bonchev–Trinajstić information content (AvgIpc) is 2.61. The van der Waals surface area contributed by atoms with Crippen molar-refractivity contribution in [2.24, 2.45) is 0 Å². The SMILES string of the molecule is CC#CCOc1ccc(S(=O)(=O)N2CCSC(C)(C)C2C(=O)OC)cc1. The molecule has 8 heteroatoms. The maximum atomic E-state index is 13.1. The summed E-state index contributed by atoms with van der Waals surface area (Å²) < 4.78 is 37.2. The molecule has 1 aliphatic rings. The van der Waals surface area contributed by atoms with Gasteiger partial charge in [-0.2, -0.15) is 16.1 Å². The Morgan fingerprint density at radius 3 is 2.58 bits per heavy atom. The highest BCUT2D eigenvalue weighted by molar-refractivity contribution is 8.00. The van der Waals surface area contributed by atoms with Crippen LogP contribution in [0.25, 0.3) is 0 Å². The highest BCUT2D eigenvalue weighted by Crippen LogP contribution is 2.38. The summed E-state index contributed by atoms with van der Waals surface area (Å²) in [5, 5.41) is 0. The monoisotopic (exact) mass is 397 g/mol. The van der Waals surface area contributed by atoms with Crippen LogP contribution in [-0.4, -0.2) is 55.5 Å². The fourth-order valence-electron chi connectivity index (χ4n) is 2.76. The maximum absolute atomic E-state index is 13.1. The number of esters is 1. The van der Waals surface area contributed by atoms with Gasteiger partial charge in [0.25, 0.3) is 0 Å². The molecule has 1 atom stereocenters. The molecule has 1 aromatic carbocycles. The van der Waals surface area contributed by atoms with Gasteiger partial charge in [0.05, 0.1) is 12.0 Å². The molecule has 1 fully saturated rings. The minimum atomic E-state index is -3.84. The van der Waals surface area contributed by atoms with Crippen LogP contribution < -0.4 is 4.74 Å². The van der Waals surface area contributed by atoms with Crippen LogP contribution in [-0.2, 0) is 19.6 Å². The Morgan fingerprint density at radius 2 is 2.00 bits per heavy atom. The number of methoxy groups -OCH3 is 1. The van der Waals surface area contributed by atoms with Crippen molar-refractivity contribution in [1.82, 2.24) is 4.31 Å². The zero-order valence-electron chi connectivity index (χ0n) is 15.3.